The van der Waals surface area contributed by atoms with Crippen LogP contribution >= 0.6 is 0 Å². The first kappa shape index (κ1) is 13.8. The number of nitrogens with one attached hydrogen (secondary N) is 1. The van der Waals surface area contributed by atoms with Crippen molar-refractivity contribution in [2.75, 3.05) is 7.05 Å². The minimum Gasteiger partial charge on any atom is -0.465 e. The predicted molar refractivity (Wildman–Crippen MR) is 68.6 cm³/mol. The third-order valence-corrected chi connectivity index (χ3v) is 4.56. The van der Waals surface area contributed by atoms with E-state index in [1.807, 2.05) is 0 Å². The normalized spacial score (nSPS) is 12.2. The second kappa shape index (κ2) is 5.16. The summed E-state index contributed by atoms with van der Waals surface area (Å²) in [7, 11) is -2.17. The van der Waals surface area contributed by atoms with E-state index in [1.165, 1.54) is 17.5 Å². The number of aromatic amines is 1. The molecule has 0 amide bonds. The molecule has 3 N–H and O–H groups in total. The standard InChI is InChI=1S/C11H16N4O3S/c1-8-3-4-10(18-8)7-15(2)19(16,17)11-9(5-12)6-13-14-11/h3-4,6H,5,7,12H2,1-2H3,(H,13,14). The van der Waals surface area contributed by atoms with Crippen LogP contribution < -0.4 is 5.73 Å². The first-order valence-electron chi connectivity index (χ1n) is 5.69. The zero-order valence-corrected chi connectivity index (χ0v) is 11.6. The molecule has 0 aliphatic carbocycles. The smallest absolute Gasteiger partial charge is 0.260 e. The van der Waals surface area contributed by atoms with Gasteiger partial charge in [0, 0.05) is 19.2 Å². The van der Waals surface area contributed by atoms with Crippen LogP contribution in [-0.2, 0) is 23.1 Å². The highest BCUT2D eigenvalue weighted by Gasteiger charge is 2.26. The zero-order chi connectivity index (χ0) is 14.0. The van der Waals surface area contributed by atoms with Gasteiger partial charge in [-0.25, -0.2) is 8.42 Å². The van der Waals surface area contributed by atoms with Crippen molar-refractivity contribution in [2.24, 2.45) is 5.73 Å². The number of aryl methyl sites for hydroxylation is 1. The summed E-state index contributed by atoms with van der Waals surface area (Å²) in [6.45, 7) is 2.07. The third-order valence-electron chi connectivity index (χ3n) is 2.74. The Labute approximate surface area is 111 Å². The highest BCUT2D eigenvalue weighted by Crippen LogP contribution is 2.18. The average molecular weight is 284 g/mol. The molecule has 0 aliphatic heterocycles. The van der Waals surface area contributed by atoms with E-state index in [1.54, 1.807) is 19.1 Å². The summed E-state index contributed by atoms with van der Waals surface area (Å²) in [6.07, 6.45) is 1.41. The molecule has 19 heavy (non-hydrogen) atoms. The SMILES string of the molecule is Cc1ccc(CN(C)S(=O)(=O)c2[nH]ncc2CN)o1. The Bertz CT molecular complexity index is 659. The maximum Gasteiger partial charge on any atom is 0.260 e. The summed E-state index contributed by atoms with van der Waals surface area (Å²) >= 11 is 0. The summed E-state index contributed by atoms with van der Waals surface area (Å²) in [4.78, 5) is 0. The van der Waals surface area contributed by atoms with E-state index in [9.17, 15) is 8.42 Å². The highest BCUT2D eigenvalue weighted by molar-refractivity contribution is 7.89. The molecule has 0 aliphatic rings. The van der Waals surface area contributed by atoms with Crippen molar-refractivity contribution in [1.82, 2.24) is 14.5 Å². The van der Waals surface area contributed by atoms with Crippen molar-refractivity contribution in [2.45, 2.75) is 25.0 Å². The van der Waals surface area contributed by atoms with E-state index in [-0.39, 0.29) is 18.1 Å². The van der Waals surface area contributed by atoms with Crippen LogP contribution in [0.25, 0.3) is 0 Å². The van der Waals surface area contributed by atoms with E-state index < -0.39 is 10.0 Å². The van der Waals surface area contributed by atoms with Gasteiger partial charge in [0.1, 0.15) is 11.5 Å². The minimum atomic E-state index is -3.65. The molecule has 0 spiro atoms. The lowest BCUT2D eigenvalue weighted by Crippen LogP contribution is -2.27. The predicted octanol–water partition coefficient (Wildman–Crippen LogP) is 0.591. The molecule has 0 fully saturated rings. The lowest BCUT2D eigenvalue weighted by molar-refractivity contribution is 0.396. The van der Waals surface area contributed by atoms with Crippen LogP contribution in [0.5, 0.6) is 0 Å². The molecule has 0 bridgehead atoms. The molecule has 2 aromatic rings. The number of H-pyrrole nitrogens is 1. The van der Waals surface area contributed by atoms with Gasteiger partial charge in [-0.05, 0) is 19.1 Å². The molecule has 8 heteroatoms. The van der Waals surface area contributed by atoms with E-state index in [0.717, 1.165) is 5.76 Å². The number of hydrogen-bond donors (Lipinski definition) is 2. The molecule has 7 nitrogen and oxygen atoms in total. The van der Waals surface area contributed by atoms with Crippen molar-refractivity contribution < 1.29 is 12.8 Å². The maximum atomic E-state index is 12.3. The lowest BCUT2D eigenvalue weighted by Gasteiger charge is -2.15. The molecular weight excluding hydrogens is 268 g/mol. The van der Waals surface area contributed by atoms with Crippen molar-refractivity contribution in [3.8, 4) is 0 Å². The summed E-state index contributed by atoms with van der Waals surface area (Å²) < 4.78 is 31.2. The Kier molecular flexibility index (Phi) is 3.74. The van der Waals surface area contributed by atoms with Gasteiger partial charge < -0.3 is 10.2 Å². The van der Waals surface area contributed by atoms with Gasteiger partial charge in [0.05, 0.1) is 12.7 Å². The molecular formula is C11H16N4O3S. The van der Waals surface area contributed by atoms with Gasteiger partial charge in [0.2, 0.25) is 0 Å². The van der Waals surface area contributed by atoms with Gasteiger partial charge in [-0.3, -0.25) is 5.10 Å². The van der Waals surface area contributed by atoms with Gasteiger partial charge in [-0.2, -0.15) is 9.40 Å². The molecule has 2 aromatic heterocycles. The van der Waals surface area contributed by atoms with Crippen LogP contribution in [0.1, 0.15) is 17.1 Å². The first-order chi connectivity index (χ1) is 8.95. The minimum absolute atomic E-state index is 0.0285. The quantitative estimate of drug-likeness (QED) is 0.836. The maximum absolute atomic E-state index is 12.3. The van der Waals surface area contributed by atoms with Crippen molar-refractivity contribution in [1.29, 1.82) is 0 Å². The van der Waals surface area contributed by atoms with Crippen LogP contribution in [0, 0.1) is 6.92 Å². The fourth-order valence-corrected chi connectivity index (χ4v) is 2.94. The molecule has 0 saturated carbocycles. The fourth-order valence-electron chi connectivity index (χ4n) is 1.70. The van der Waals surface area contributed by atoms with Crippen molar-refractivity contribution in [3.05, 3.63) is 35.4 Å². The Hall–Kier alpha value is -1.64. The number of rotatable bonds is 5. The fraction of sp³-hybridized carbons (Fsp3) is 0.364. The van der Waals surface area contributed by atoms with Crippen LogP contribution in [0.4, 0.5) is 0 Å². The second-order valence-electron chi connectivity index (χ2n) is 4.20. The summed E-state index contributed by atoms with van der Waals surface area (Å²) in [6, 6.07) is 3.54. The lowest BCUT2D eigenvalue weighted by atomic mass is 10.4. The number of hydrogen-bond acceptors (Lipinski definition) is 5. The van der Waals surface area contributed by atoms with Gasteiger partial charge in [-0.1, -0.05) is 0 Å². The van der Waals surface area contributed by atoms with Gasteiger partial charge in [0.25, 0.3) is 10.0 Å². The Balaban J connectivity index is 2.24. The Morgan fingerprint density at radius 2 is 2.21 bits per heavy atom. The number of nitrogens with zero attached hydrogens (tertiary/aromatic N) is 2. The number of furan rings is 1. The zero-order valence-electron chi connectivity index (χ0n) is 10.8. The van der Waals surface area contributed by atoms with Crippen molar-refractivity contribution >= 4 is 10.0 Å². The van der Waals surface area contributed by atoms with Crippen LogP contribution in [0.3, 0.4) is 0 Å². The van der Waals surface area contributed by atoms with Crippen LogP contribution in [-0.4, -0.2) is 30.0 Å². The Morgan fingerprint density at radius 1 is 1.47 bits per heavy atom. The van der Waals surface area contributed by atoms with E-state index >= 15 is 0 Å². The molecule has 0 atom stereocenters. The van der Waals surface area contributed by atoms with E-state index in [4.69, 9.17) is 10.2 Å². The van der Waals surface area contributed by atoms with Gasteiger partial charge in [-0.15, -0.1) is 0 Å². The second-order valence-corrected chi connectivity index (χ2v) is 6.18. The molecule has 2 heterocycles. The number of sulfonamides is 1. The molecule has 0 saturated heterocycles. The number of nitrogens with two attached hydrogens (primary N) is 1. The first-order valence-corrected chi connectivity index (χ1v) is 7.13. The highest BCUT2D eigenvalue weighted by atomic mass is 32.2. The average Bonchev–Trinajstić information content (AvgIpc) is 2.97. The topological polar surface area (TPSA) is 105 Å². The molecule has 0 unspecified atom stereocenters. The third kappa shape index (κ3) is 2.70. The molecule has 2 rings (SSSR count). The van der Waals surface area contributed by atoms with Crippen LogP contribution in [0.15, 0.2) is 27.8 Å². The van der Waals surface area contributed by atoms with Gasteiger partial charge >= 0.3 is 0 Å². The molecule has 0 radical (unpaired) electrons. The summed E-state index contributed by atoms with van der Waals surface area (Å²) in [5.41, 5.74) is 5.95. The van der Waals surface area contributed by atoms with Crippen LogP contribution in [0.2, 0.25) is 0 Å². The monoisotopic (exact) mass is 284 g/mol. The van der Waals surface area contributed by atoms with Crippen molar-refractivity contribution in [3.63, 3.8) is 0 Å². The summed E-state index contributed by atoms with van der Waals surface area (Å²) in [5, 5.41) is 6.23. The Morgan fingerprint density at radius 3 is 2.79 bits per heavy atom. The molecule has 0 aromatic carbocycles. The van der Waals surface area contributed by atoms with E-state index in [0.29, 0.717) is 11.3 Å². The largest absolute Gasteiger partial charge is 0.465 e. The summed E-state index contributed by atoms with van der Waals surface area (Å²) in [5.74, 6) is 1.32. The van der Waals surface area contributed by atoms with E-state index in [2.05, 4.69) is 10.2 Å². The molecule has 104 valence electrons. The van der Waals surface area contributed by atoms with Gasteiger partial charge in [0.15, 0.2) is 5.03 Å². The number of aromatic nitrogens is 2.